The van der Waals surface area contributed by atoms with Gasteiger partial charge in [0.25, 0.3) is 0 Å². The number of aliphatic hydroxyl groups is 1. The van der Waals surface area contributed by atoms with Gasteiger partial charge in [0.15, 0.2) is 0 Å². The fraction of sp³-hybridized carbons (Fsp3) is 0.250. The standard InChI is InChI=1S/C16H17FN2O/c17-13-5-4-11-6-7-19(15(11)9-13)10-16(20)12-2-1-3-14(18)8-12/h1-5,8-9,16,20H,6-7,10,18H2. The number of aliphatic hydroxyl groups excluding tert-OH is 1. The predicted molar refractivity (Wildman–Crippen MR) is 78.1 cm³/mol. The van der Waals surface area contributed by atoms with Crippen molar-refractivity contribution in [2.24, 2.45) is 0 Å². The lowest BCUT2D eigenvalue weighted by atomic mass is 10.1. The highest BCUT2D eigenvalue weighted by Crippen LogP contribution is 2.30. The van der Waals surface area contributed by atoms with Crippen molar-refractivity contribution in [3.63, 3.8) is 0 Å². The molecule has 0 amide bonds. The Morgan fingerprint density at radius 3 is 2.90 bits per heavy atom. The monoisotopic (exact) mass is 272 g/mol. The van der Waals surface area contributed by atoms with Crippen molar-refractivity contribution in [1.29, 1.82) is 0 Å². The Labute approximate surface area is 117 Å². The maximum Gasteiger partial charge on any atom is 0.125 e. The fourth-order valence-corrected chi connectivity index (χ4v) is 2.69. The summed E-state index contributed by atoms with van der Waals surface area (Å²) in [6, 6.07) is 12.1. The Kier molecular flexibility index (Phi) is 3.32. The maximum atomic E-state index is 13.3. The molecule has 3 nitrogen and oxygen atoms in total. The van der Waals surface area contributed by atoms with Crippen LogP contribution in [-0.2, 0) is 6.42 Å². The first-order valence-electron chi connectivity index (χ1n) is 6.70. The van der Waals surface area contributed by atoms with Crippen LogP contribution in [0.3, 0.4) is 0 Å². The number of nitrogens with two attached hydrogens (primary N) is 1. The second-order valence-electron chi connectivity index (χ2n) is 5.15. The molecule has 1 aliphatic heterocycles. The third-order valence-electron chi connectivity index (χ3n) is 3.73. The van der Waals surface area contributed by atoms with Gasteiger partial charge in [-0.15, -0.1) is 0 Å². The predicted octanol–water partition coefficient (Wildman–Crippen LogP) is 2.50. The average molecular weight is 272 g/mol. The summed E-state index contributed by atoms with van der Waals surface area (Å²) in [6.07, 6.45) is 0.256. The van der Waals surface area contributed by atoms with Crippen molar-refractivity contribution < 1.29 is 9.50 Å². The van der Waals surface area contributed by atoms with Crippen LogP contribution in [0.5, 0.6) is 0 Å². The lowest BCUT2D eigenvalue weighted by Gasteiger charge is -2.23. The molecule has 1 heterocycles. The lowest BCUT2D eigenvalue weighted by molar-refractivity contribution is 0.184. The first kappa shape index (κ1) is 12.9. The Bertz CT molecular complexity index is 630. The van der Waals surface area contributed by atoms with Crippen molar-refractivity contribution in [2.75, 3.05) is 23.7 Å². The molecule has 0 radical (unpaired) electrons. The van der Waals surface area contributed by atoms with E-state index < -0.39 is 6.10 Å². The van der Waals surface area contributed by atoms with E-state index in [1.54, 1.807) is 12.1 Å². The Morgan fingerprint density at radius 1 is 1.25 bits per heavy atom. The van der Waals surface area contributed by atoms with Gasteiger partial charge >= 0.3 is 0 Å². The number of benzene rings is 2. The van der Waals surface area contributed by atoms with E-state index in [-0.39, 0.29) is 5.82 Å². The van der Waals surface area contributed by atoms with Crippen LogP contribution in [0.15, 0.2) is 42.5 Å². The summed E-state index contributed by atoms with van der Waals surface area (Å²) < 4.78 is 13.3. The molecule has 0 spiro atoms. The van der Waals surface area contributed by atoms with Crippen LogP contribution in [0.1, 0.15) is 17.2 Å². The minimum absolute atomic E-state index is 0.242. The normalized spacial score (nSPS) is 15.2. The fourth-order valence-electron chi connectivity index (χ4n) is 2.69. The van der Waals surface area contributed by atoms with Gasteiger partial charge in [0.1, 0.15) is 5.82 Å². The third kappa shape index (κ3) is 2.47. The summed E-state index contributed by atoms with van der Waals surface area (Å²) in [6.45, 7) is 1.25. The van der Waals surface area contributed by atoms with E-state index in [0.29, 0.717) is 12.2 Å². The molecule has 0 aliphatic carbocycles. The van der Waals surface area contributed by atoms with E-state index in [2.05, 4.69) is 0 Å². The first-order valence-corrected chi connectivity index (χ1v) is 6.70. The largest absolute Gasteiger partial charge is 0.399 e. The molecule has 2 aromatic carbocycles. The number of anilines is 2. The molecule has 104 valence electrons. The van der Waals surface area contributed by atoms with E-state index in [1.165, 1.54) is 12.1 Å². The SMILES string of the molecule is Nc1cccc(C(O)CN2CCc3ccc(F)cc32)c1. The smallest absolute Gasteiger partial charge is 0.125 e. The summed E-state index contributed by atoms with van der Waals surface area (Å²) >= 11 is 0. The average Bonchev–Trinajstić information content (AvgIpc) is 2.81. The Balaban J connectivity index is 1.78. The van der Waals surface area contributed by atoms with E-state index in [1.807, 2.05) is 23.1 Å². The number of nitrogens with zero attached hydrogens (tertiary/aromatic N) is 1. The number of rotatable bonds is 3. The van der Waals surface area contributed by atoms with Crippen LogP contribution >= 0.6 is 0 Å². The molecule has 0 saturated carbocycles. The van der Waals surface area contributed by atoms with Crippen molar-refractivity contribution in [1.82, 2.24) is 0 Å². The van der Waals surface area contributed by atoms with Crippen LogP contribution in [0.2, 0.25) is 0 Å². The van der Waals surface area contributed by atoms with Crippen LogP contribution in [0.25, 0.3) is 0 Å². The molecule has 1 atom stereocenters. The second-order valence-corrected chi connectivity index (χ2v) is 5.15. The van der Waals surface area contributed by atoms with E-state index in [9.17, 15) is 9.50 Å². The number of halogens is 1. The second kappa shape index (κ2) is 5.13. The van der Waals surface area contributed by atoms with Gasteiger partial charge in [0, 0.05) is 24.5 Å². The molecule has 2 aromatic rings. The molecule has 0 bridgehead atoms. The molecule has 3 N–H and O–H groups in total. The highest BCUT2D eigenvalue weighted by atomic mass is 19.1. The van der Waals surface area contributed by atoms with Crippen molar-refractivity contribution >= 4 is 11.4 Å². The van der Waals surface area contributed by atoms with Crippen molar-refractivity contribution in [2.45, 2.75) is 12.5 Å². The minimum Gasteiger partial charge on any atom is -0.399 e. The van der Waals surface area contributed by atoms with Gasteiger partial charge in [-0.2, -0.15) is 0 Å². The number of nitrogen functional groups attached to an aromatic ring is 1. The molecule has 3 rings (SSSR count). The summed E-state index contributed by atoms with van der Waals surface area (Å²) in [5.41, 5.74) is 9.16. The lowest BCUT2D eigenvalue weighted by Crippen LogP contribution is -2.26. The van der Waals surface area contributed by atoms with Gasteiger partial charge in [-0.25, -0.2) is 4.39 Å². The zero-order chi connectivity index (χ0) is 14.1. The van der Waals surface area contributed by atoms with Crippen molar-refractivity contribution in [3.8, 4) is 0 Å². The number of fused-ring (bicyclic) bond motifs is 1. The van der Waals surface area contributed by atoms with Crippen molar-refractivity contribution in [3.05, 3.63) is 59.4 Å². The molecule has 1 unspecified atom stereocenters. The summed E-state index contributed by atoms with van der Waals surface area (Å²) in [4.78, 5) is 2.02. The molecule has 20 heavy (non-hydrogen) atoms. The zero-order valence-electron chi connectivity index (χ0n) is 11.1. The van der Waals surface area contributed by atoms with Gasteiger partial charge in [-0.05, 0) is 41.8 Å². The molecule has 1 aliphatic rings. The summed E-state index contributed by atoms with van der Waals surface area (Å²) in [7, 11) is 0. The number of hydrogen-bond donors (Lipinski definition) is 2. The summed E-state index contributed by atoms with van der Waals surface area (Å²) in [5, 5.41) is 10.3. The van der Waals surface area contributed by atoms with Gasteiger partial charge in [0.2, 0.25) is 0 Å². The molecule has 0 saturated heterocycles. The minimum atomic E-state index is -0.632. The molecule has 4 heteroatoms. The van der Waals surface area contributed by atoms with Gasteiger partial charge in [0.05, 0.1) is 6.10 Å². The summed E-state index contributed by atoms with van der Waals surface area (Å²) in [5.74, 6) is -0.242. The number of hydrogen-bond acceptors (Lipinski definition) is 3. The zero-order valence-corrected chi connectivity index (χ0v) is 11.1. The molecular weight excluding hydrogens is 255 g/mol. The van der Waals surface area contributed by atoms with E-state index in [4.69, 9.17) is 5.73 Å². The van der Waals surface area contributed by atoms with E-state index in [0.717, 1.165) is 29.8 Å². The molecule has 0 fully saturated rings. The Hall–Kier alpha value is -2.07. The number of β-amino-alcohol motifs (C(OH)–C–C–N with tert-alkyl or cyclic N) is 1. The first-order chi connectivity index (χ1) is 9.63. The van der Waals surface area contributed by atoms with Crippen LogP contribution < -0.4 is 10.6 Å². The molecule has 0 aromatic heterocycles. The van der Waals surface area contributed by atoms with Crippen LogP contribution in [-0.4, -0.2) is 18.2 Å². The van der Waals surface area contributed by atoms with Crippen LogP contribution in [0.4, 0.5) is 15.8 Å². The Morgan fingerprint density at radius 2 is 2.10 bits per heavy atom. The quantitative estimate of drug-likeness (QED) is 0.844. The van der Waals surface area contributed by atoms with Gasteiger partial charge in [-0.1, -0.05) is 18.2 Å². The highest BCUT2D eigenvalue weighted by Gasteiger charge is 2.22. The van der Waals surface area contributed by atoms with E-state index >= 15 is 0 Å². The van der Waals surface area contributed by atoms with Gasteiger partial charge in [-0.3, -0.25) is 0 Å². The molecular formula is C16H17FN2O. The highest BCUT2D eigenvalue weighted by molar-refractivity contribution is 5.58. The maximum absolute atomic E-state index is 13.3. The van der Waals surface area contributed by atoms with Crippen LogP contribution in [0, 0.1) is 5.82 Å². The third-order valence-corrected chi connectivity index (χ3v) is 3.73. The topological polar surface area (TPSA) is 49.5 Å². The van der Waals surface area contributed by atoms with Gasteiger partial charge < -0.3 is 15.7 Å².